The van der Waals surface area contributed by atoms with Crippen LogP contribution in [0.4, 0.5) is 5.69 Å². The average molecular weight is 472 g/mol. The number of benzene rings is 3. The first-order valence-electron chi connectivity index (χ1n) is 11.2. The Morgan fingerprint density at radius 2 is 1.71 bits per heavy atom. The first-order valence-corrected chi connectivity index (χ1v) is 12.1. The van der Waals surface area contributed by atoms with Gasteiger partial charge in [-0.05, 0) is 56.2 Å². The van der Waals surface area contributed by atoms with Crippen LogP contribution in [0.25, 0.3) is 16.6 Å². The number of hydrogen-bond donors (Lipinski definition) is 0. The number of thioether (sulfide) groups is 1. The standard InChI is InChI=1S/C27H25N3O3S/c1-17-16-19-10-4-7-13-22(19)29(17)25(31)18(2)34-27-28-21-12-6-5-11-20(21)26(32)30(27)23-14-8-9-15-24(23)33-3/h4-15,17-18H,16H2,1-3H3. The van der Waals surface area contributed by atoms with Crippen molar-refractivity contribution in [2.45, 2.75) is 36.7 Å². The van der Waals surface area contributed by atoms with E-state index in [1.165, 1.54) is 17.3 Å². The van der Waals surface area contributed by atoms with Crippen molar-refractivity contribution >= 4 is 34.3 Å². The molecule has 4 aromatic rings. The zero-order chi connectivity index (χ0) is 23.8. The van der Waals surface area contributed by atoms with Gasteiger partial charge in [-0.1, -0.05) is 54.2 Å². The first-order chi connectivity index (χ1) is 16.5. The van der Waals surface area contributed by atoms with Crippen LogP contribution in [-0.4, -0.2) is 33.9 Å². The maximum Gasteiger partial charge on any atom is 0.266 e. The molecule has 1 aliphatic heterocycles. The Morgan fingerprint density at radius 1 is 1.03 bits per heavy atom. The van der Waals surface area contributed by atoms with E-state index in [9.17, 15) is 9.59 Å². The minimum absolute atomic E-state index is 0.00330. The molecule has 3 aromatic carbocycles. The molecule has 7 heteroatoms. The molecule has 1 aromatic heterocycles. The highest BCUT2D eigenvalue weighted by atomic mass is 32.2. The largest absolute Gasteiger partial charge is 0.495 e. The summed E-state index contributed by atoms with van der Waals surface area (Å²) < 4.78 is 7.09. The molecule has 2 unspecified atom stereocenters. The molecule has 34 heavy (non-hydrogen) atoms. The Hall–Kier alpha value is -3.58. The van der Waals surface area contributed by atoms with E-state index >= 15 is 0 Å². The van der Waals surface area contributed by atoms with Gasteiger partial charge in [0.2, 0.25) is 5.91 Å². The van der Waals surface area contributed by atoms with Crippen molar-refractivity contribution in [3.63, 3.8) is 0 Å². The number of rotatable bonds is 5. The predicted molar refractivity (Wildman–Crippen MR) is 136 cm³/mol. The third kappa shape index (κ3) is 3.76. The Balaban J connectivity index is 1.59. The maximum absolute atomic E-state index is 13.6. The Labute approximate surface area is 202 Å². The van der Waals surface area contributed by atoms with Gasteiger partial charge in [-0.3, -0.25) is 14.2 Å². The second-order valence-electron chi connectivity index (χ2n) is 8.37. The van der Waals surface area contributed by atoms with Crippen LogP contribution in [0.15, 0.2) is 82.7 Å². The molecule has 1 amide bonds. The fourth-order valence-electron chi connectivity index (χ4n) is 4.52. The van der Waals surface area contributed by atoms with Crippen molar-refractivity contribution in [3.05, 3.63) is 88.7 Å². The lowest BCUT2D eigenvalue weighted by Gasteiger charge is -2.26. The van der Waals surface area contributed by atoms with Gasteiger partial charge in [0.15, 0.2) is 5.16 Å². The molecule has 0 spiro atoms. The highest BCUT2D eigenvalue weighted by Gasteiger charge is 2.34. The molecule has 0 saturated heterocycles. The van der Waals surface area contributed by atoms with Crippen molar-refractivity contribution < 1.29 is 9.53 Å². The van der Waals surface area contributed by atoms with Crippen LogP contribution in [0.2, 0.25) is 0 Å². The fourth-order valence-corrected chi connectivity index (χ4v) is 5.49. The van der Waals surface area contributed by atoms with Gasteiger partial charge in [0, 0.05) is 11.7 Å². The fraction of sp³-hybridized carbons (Fsp3) is 0.222. The minimum Gasteiger partial charge on any atom is -0.495 e. The maximum atomic E-state index is 13.6. The molecule has 0 N–H and O–H groups in total. The summed E-state index contributed by atoms with van der Waals surface area (Å²) in [6.07, 6.45) is 0.833. The average Bonchev–Trinajstić information content (AvgIpc) is 3.19. The van der Waals surface area contributed by atoms with Crippen molar-refractivity contribution in [2.75, 3.05) is 12.0 Å². The van der Waals surface area contributed by atoms with Gasteiger partial charge in [0.1, 0.15) is 5.75 Å². The number of nitrogens with zero attached hydrogens (tertiary/aromatic N) is 3. The van der Waals surface area contributed by atoms with Crippen LogP contribution in [0, 0.1) is 0 Å². The Kier molecular flexibility index (Phi) is 5.87. The van der Waals surface area contributed by atoms with Gasteiger partial charge in [-0.2, -0.15) is 0 Å². The van der Waals surface area contributed by atoms with E-state index in [0.717, 1.165) is 12.1 Å². The zero-order valence-corrected chi connectivity index (χ0v) is 20.1. The van der Waals surface area contributed by atoms with Crippen LogP contribution < -0.4 is 15.2 Å². The number of hydrogen-bond acceptors (Lipinski definition) is 5. The normalized spacial score (nSPS) is 15.9. The first kappa shape index (κ1) is 22.2. The summed E-state index contributed by atoms with van der Waals surface area (Å²) in [5.74, 6) is 0.557. The summed E-state index contributed by atoms with van der Waals surface area (Å²) in [7, 11) is 1.57. The molecule has 0 saturated carbocycles. The topological polar surface area (TPSA) is 64.4 Å². The molecule has 0 fully saturated rings. The third-order valence-corrected chi connectivity index (χ3v) is 7.19. The second-order valence-corrected chi connectivity index (χ2v) is 9.68. The monoisotopic (exact) mass is 471 g/mol. The molecule has 2 heterocycles. The minimum atomic E-state index is -0.456. The summed E-state index contributed by atoms with van der Waals surface area (Å²) in [5.41, 5.74) is 3.13. The van der Waals surface area contributed by atoms with E-state index in [0.29, 0.717) is 27.5 Å². The lowest BCUT2D eigenvalue weighted by Crippen LogP contribution is -2.40. The summed E-state index contributed by atoms with van der Waals surface area (Å²) in [6.45, 7) is 3.93. The van der Waals surface area contributed by atoms with Crippen molar-refractivity contribution in [1.82, 2.24) is 9.55 Å². The SMILES string of the molecule is COc1ccccc1-n1c(SC(C)C(=O)N2c3ccccc3CC2C)nc2ccccc2c1=O. The van der Waals surface area contributed by atoms with Gasteiger partial charge in [0.05, 0.1) is 29.0 Å². The van der Waals surface area contributed by atoms with Gasteiger partial charge >= 0.3 is 0 Å². The number of para-hydroxylation sites is 4. The van der Waals surface area contributed by atoms with Crippen LogP contribution >= 0.6 is 11.8 Å². The second kappa shape index (κ2) is 8.99. The van der Waals surface area contributed by atoms with Crippen LogP contribution in [0.5, 0.6) is 5.75 Å². The Bertz CT molecular complexity index is 1450. The van der Waals surface area contributed by atoms with E-state index in [4.69, 9.17) is 9.72 Å². The number of aromatic nitrogens is 2. The van der Waals surface area contributed by atoms with Crippen LogP contribution in [0.1, 0.15) is 19.4 Å². The van der Waals surface area contributed by atoms with E-state index in [1.807, 2.05) is 72.5 Å². The summed E-state index contributed by atoms with van der Waals surface area (Å²) in [6, 6.07) is 22.7. The molecular formula is C27H25N3O3S. The van der Waals surface area contributed by atoms with Gasteiger partial charge < -0.3 is 9.64 Å². The quantitative estimate of drug-likeness (QED) is 0.307. The molecule has 172 valence electrons. The van der Waals surface area contributed by atoms with Gasteiger partial charge in [-0.25, -0.2) is 4.98 Å². The number of anilines is 1. The summed E-state index contributed by atoms with van der Waals surface area (Å²) in [4.78, 5) is 33.9. The highest BCUT2D eigenvalue weighted by molar-refractivity contribution is 8.00. The molecule has 0 aliphatic carbocycles. The van der Waals surface area contributed by atoms with E-state index < -0.39 is 5.25 Å². The molecule has 2 atom stereocenters. The molecule has 6 nitrogen and oxygen atoms in total. The number of fused-ring (bicyclic) bond motifs is 2. The van der Waals surface area contributed by atoms with Crippen LogP contribution in [0.3, 0.4) is 0 Å². The summed E-state index contributed by atoms with van der Waals surface area (Å²) in [5, 5.41) is 0.510. The lowest BCUT2D eigenvalue weighted by atomic mass is 10.1. The molecular weight excluding hydrogens is 446 g/mol. The third-order valence-electron chi connectivity index (χ3n) is 6.15. The molecule has 0 radical (unpaired) electrons. The molecule has 1 aliphatic rings. The van der Waals surface area contributed by atoms with Crippen molar-refractivity contribution in [3.8, 4) is 11.4 Å². The van der Waals surface area contributed by atoms with Gasteiger partial charge in [-0.15, -0.1) is 0 Å². The number of amides is 1. The molecule has 5 rings (SSSR count). The number of ether oxygens (including phenoxy) is 1. The number of methoxy groups -OCH3 is 1. The predicted octanol–water partition coefficient (Wildman–Crippen LogP) is 4.85. The summed E-state index contributed by atoms with van der Waals surface area (Å²) >= 11 is 1.29. The van der Waals surface area contributed by atoms with E-state index in [-0.39, 0.29) is 17.5 Å². The van der Waals surface area contributed by atoms with E-state index in [2.05, 4.69) is 13.0 Å². The van der Waals surface area contributed by atoms with Gasteiger partial charge in [0.25, 0.3) is 5.56 Å². The zero-order valence-electron chi connectivity index (χ0n) is 19.3. The van der Waals surface area contributed by atoms with Crippen molar-refractivity contribution in [2.24, 2.45) is 0 Å². The van der Waals surface area contributed by atoms with E-state index in [1.54, 1.807) is 17.7 Å². The molecule has 0 bridgehead atoms. The number of carbonyl (C=O) groups is 1. The van der Waals surface area contributed by atoms with Crippen molar-refractivity contribution in [1.29, 1.82) is 0 Å². The lowest BCUT2D eigenvalue weighted by molar-refractivity contribution is -0.118. The Morgan fingerprint density at radius 3 is 2.50 bits per heavy atom. The van der Waals surface area contributed by atoms with Crippen LogP contribution in [-0.2, 0) is 11.2 Å². The number of carbonyl (C=O) groups excluding carboxylic acids is 1. The smallest absolute Gasteiger partial charge is 0.266 e. The highest BCUT2D eigenvalue weighted by Crippen LogP contribution is 2.35.